The highest BCUT2D eigenvalue weighted by Crippen LogP contribution is 2.28. The molecule has 3 rings (SSSR count). The van der Waals surface area contributed by atoms with Crippen LogP contribution in [0.15, 0.2) is 18.3 Å². The summed E-state index contributed by atoms with van der Waals surface area (Å²) in [6.07, 6.45) is 2.73. The van der Waals surface area contributed by atoms with Crippen molar-refractivity contribution in [3.05, 3.63) is 41.1 Å². The van der Waals surface area contributed by atoms with Crippen LogP contribution in [0.5, 0.6) is 5.75 Å². The zero-order valence-corrected chi connectivity index (χ0v) is 22.6. The molecule has 3 N–H and O–H groups in total. The van der Waals surface area contributed by atoms with Crippen molar-refractivity contribution >= 4 is 27.6 Å². The largest absolute Gasteiger partial charge is 0.496 e. The van der Waals surface area contributed by atoms with E-state index < -0.39 is 33.0 Å². The van der Waals surface area contributed by atoms with Crippen molar-refractivity contribution in [2.24, 2.45) is 0 Å². The third-order valence-electron chi connectivity index (χ3n) is 6.37. The Bertz CT molecular complexity index is 1230. The molecule has 210 valence electrons. The molecule has 0 unspecified atom stereocenters. The first kappa shape index (κ1) is 29.6. The molecule has 2 aromatic rings. The number of hydrogen-bond donors (Lipinski definition) is 2. The summed E-state index contributed by atoms with van der Waals surface area (Å²) in [6, 6.07) is 1.90. The minimum atomic E-state index is -3.37. The summed E-state index contributed by atoms with van der Waals surface area (Å²) in [5.41, 5.74) is 5.15. The molecular formula is C24H34F2N6O5S. The summed E-state index contributed by atoms with van der Waals surface area (Å²) in [5.74, 6) is -3.60. The van der Waals surface area contributed by atoms with Crippen LogP contribution >= 0.6 is 0 Å². The number of rotatable bonds is 13. The second kappa shape index (κ2) is 13.2. The lowest BCUT2D eigenvalue weighted by Gasteiger charge is -2.31. The van der Waals surface area contributed by atoms with Gasteiger partial charge in [0.2, 0.25) is 21.8 Å². The predicted molar refractivity (Wildman–Crippen MR) is 139 cm³/mol. The van der Waals surface area contributed by atoms with Crippen LogP contribution in [0, 0.1) is 11.6 Å². The lowest BCUT2D eigenvalue weighted by atomic mass is 10.0. The van der Waals surface area contributed by atoms with E-state index in [-0.39, 0.29) is 34.9 Å². The smallest absolute Gasteiger partial charge is 0.224 e. The number of ether oxygens (including phenoxy) is 2. The molecule has 1 aromatic carbocycles. The second-order valence-corrected chi connectivity index (χ2v) is 11.1. The molecule has 1 aliphatic heterocycles. The van der Waals surface area contributed by atoms with Crippen molar-refractivity contribution in [1.29, 1.82) is 0 Å². The number of methoxy groups -OCH3 is 2. The van der Waals surface area contributed by atoms with Crippen molar-refractivity contribution in [3.8, 4) is 5.75 Å². The number of nitrogens with zero attached hydrogens (tertiary/aromatic N) is 4. The zero-order chi connectivity index (χ0) is 27.9. The van der Waals surface area contributed by atoms with Gasteiger partial charge in [-0.2, -0.15) is 4.98 Å². The SMILES string of the molecule is COCCN(C)CCCS(=O)(=O)N1CCC(Nc2ncc(C(=O)c3c(OC)ccc(F)c3F)c(N)n2)CC1. The normalized spacial score (nSPS) is 15.1. The van der Waals surface area contributed by atoms with E-state index in [1.165, 1.54) is 11.4 Å². The van der Waals surface area contributed by atoms with Crippen LogP contribution in [0.2, 0.25) is 0 Å². The maximum Gasteiger partial charge on any atom is 0.224 e. The third-order valence-corrected chi connectivity index (χ3v) is 8.32. The van der Waals surface area contributed by atoms with Gasteiger partial charge < -0.3 is 25.4 Å². The number of carbonyl (C=O) groups excluding carboxylic acids is 1. The Morgan fingerprint density at radius 3 is 2.58 bits per heavy atom. The van der Waals surface area contributed by atoms with Crippen molar-refractivity contribution in [1.82, 2.24) is 19.2 Å². The Balaban J connectivity index is 1.56. The summed E-state index contributed by atoms with van der Waals surface area (Å²) in [6.45, 7) is 2.70. The number of anilines is 2. The van der Waals surface area contributed by atoms with Crippen LogP contribution in [0.3, 0.4) is 0 Å². The minimum absolute atomic E-state index is 0.0776. The molecule has 0 amide bonds. The Kier molecular flexibility index (Phi) is 10.3. The van der Waals surface area contributed by atoms with Crippen LogP contribution in [0.25, 0.3) is 0 Å². The van der Waals surface area contributed by atoms with E-state index in [2.05, 4.69) is 15.3 Å². The molecule has 1 aromatic heterocycles. The average Bonchev–Trinajstić information content (AvgIpc) is 2.89. The molecule has 1 saturated heterocycles. The van der Waals surface area contributed by atoms with E-state index in [1.54, 1.807) is 7.11 Å². The summed E-state index contributed by atoms with van der Waals surface area (Å²) in [5, 5.41) is 3.11. The van der Waals surface area contributed by atoms with Crippen LogP contribution in [0.1, 0.15) is 35.2 Å². The minimum Gasteiger partial charge on any atom is -0.496 e. The lowest BCUT2D eigenvalue weighted by molar-refractivity contribution is 0.103. The van der Waals surface area contributed by atoms with Gasteiger partial charge in [-0.3, -0.25) is 4.79 Å². The van der Waals surface area contributed by atoms with Crippen molar-refractivity contribution in [2.45, 2.75) is 25.3 Å². The van der Waals surface area contributed by atoms with E-state index in [0.717, 1.165) is 24.9 Å². The fraction of sp³-hybridized carbons (Fsp3) is 0.542. The molecular weight excluding hydrogens is 522 g/mol. The van der Waals surface area contributed by atoms with Gasteiger partial charge in [-0.15, -0.1) is 0 Å². The molecule has 1 fully saturated rings. The molecule has 0 spiro atoms. The first-order valence-electron chi connectivity index (χ1n) is 12.2. The Labute approximate surface area is 221 Å². The number of piperidine rings is 1. The average molecular weight is 557 g/mol. The van der Waals surface area contributed by atoms with Crippen molar-refractivity contribution < 1.29 is 31.5 Å². The number of carbonyl (C=O) groups is 1. The van der Waals surface area contributed by atoms with Gasteiger partial charge in [0.05, 0.1) is 25.0 Å². The number of nitrogens with one attached hydrogen (secondary N) is 1. The van der Waals surface area contributed by atoms with Gasteiger partial charge in [-0.1, -0.05) is 0 Å². The van der Waals surface area contributed by atoms with Gasteiger partial charge in [0, 0.05) is 39.0 Å². The standard InChI is InChI=1S/C24H34F2N6O5S/c1-31(12-13-36-2)9-4-14-38(34,35)32-10-7-16(8-11-32)29-24-28-15-17(23(27)30-24)22(33)20-19(37-3)6-5-18(25)21(20)26/h5-6,15-16H,4,7-14H2,1-3H3,(H3,27,28,29,30). The topological polar surface area (TPSA) is 140 Å². The van der Waals surface area contributed by atoms with Gasteiger partial charge in [0.25, 0.3) is 0 Å². The summed E-state index contributed by atoms with van der Waals surface area (Å²) >= 11 is 0. The zero-order valence-electron chi connectivity index (χ0n) is 21.7. The summed E-state index contributed by atoms with van der Waals surface area (Å²) < 4.78 is 65.1. The Morgan fingerprint density at radius 1 is 1.24 bits per heavy atom. The molecule has 2 heterocycles. The molecule has 11 nitrogen and oxygen atoms in total. The molecule has 14 heteroatoms. The van der Waals surface area contributed by atoms with Crippen molar-refractivity contribution in [2.75, 3.05) is 70.9 Å². The number of nitrogen functional groups attached to an aromatic ring is 1. The second-order valence-electron chi connectivity index (χ2n) is 9.04. The first-order valence-corrected chi connectivity index (χ1v) is 13.8. The summed E-state index contributed by atoms with van der Waals surface area (Å²) in [7, 11) is 1.42. The van der Waals surface area contributed by atoms with Crippen LogP contribution in [-0.2, 0) is 14.8 Å². The molecule has 0 saturated carbocycles. The third kappa shape index (κ3) is 7.34. The van der Waals surface area contributed by atoms with Gasteiger partial charge in [0.15, 0.2) is 11.6 Å². The molecule has 1 aliphatic rings. The van der Waals surface area contributed by atoms with Gasteiger partial charge in [-0.25, -0.2) is 26.5 Å². The number of sulfonamides is 1. The fourth-order valence-electron chi connectivity index (χ4n) is 4.15. The van der Waals surface area contributed by atoms with Gasteiger partial charge >= 0.3 is 0 Å². The van der Waals surface area contributed by atoms with Crippen LogP contribution in [0.4, 0.5) is 20.5 Å². The Morgan fingerprint density at radius 2 is 1.95 bits per heavy atom. The van der Waals surface area contributed by atoms with E-state index >= 15 is 0 Å². The number of ketones is 1. The van der Waals surface area contributed by atoms with E-state index in [4.69, 9.17) is 15.2 Å². The monoisotopic (exact) mass is 556 g/mol. The first-order chi connectivity index (χ1) is 18.1. The summed E-state index contributed by atoms with van der Waals surface area (Å²) in [4.78, 5) is 23.1. The fourth-order valence-corrected chi connectivity index (χ4v) is 5.67. The number of benzene rings is 1. The Hall–Kier alpha value is -2.94. The number of hydrogen-bond acceptors (Lipinski definition) is 10. The predicted octanol–water partition coefficient (Wildman–Crippen LogP) is 1.75. The van der Waals surface area contributed by atoms with Gasteiger partial charge in [-0.05, 0) is 45.0 Å². The van der Waals surface area contributed by atoms with E-state index in [0.29, 0.717) is 45.5 Å². The lowest BCUT2D eigenvalue weighted by Crippen LogP contribution is -2.43. The van der Waals surface area contributed by atoms with Crippen LogP contribution in [-0.4, -0.2) is 99.2 Å². The van der Waals surface area contributed by atoms with Crippen molar-refractivity contribution in [3.63, 3.8) is 0 Å². The van der Waals surface area contributed by atoms with Gasteiger partial charge in [0.1, 0.15) is 17.1 Å². The number of likely N-dealkylation sites (N-methyl/N-ethyl adjacent to an activating group) is 1. The highest BCUT2D eigenvalue weighted by atomic mass is 32.2. The molecule has 0 atom stereocenters. The molecule has 38 heavy (non-hydrogen) atoms. The quantitative estimate of drug-likeness (QED) is 0.351. The highest BCUT2D eigenvalue weighted by Gasteiger charge is 2.29. The number of nitrogens with two attached hydrogens (primary N) is 1. The van der Waals surface area contributed by atoms with E-state index in [9.17, 15) is 22.0 Å². The highest BCUT2D eigenvalue weighted by molar-refractivity contribution is 7.89. The number of aromatic nitrogens is 2. The molecule has 0 aliphatic carbocycles. The molecule has 0 bridgehead atoms. The van der Waals surface area contributed by atoms with Crippen LogP contribution < -0.4 is 15.8 Å². The van der Waals surface area contributed by atoms with E-state index in [1.807, 2.05) is 11.9 Å². The maximum absolute atomic E-state index is 14.3. The molecule has 0 radical (unpaired) electrons. The number of halogens is 2. The maximum atomic E-state index is 14.3.